The zero-order valence-corrected chi connectivity index (χ0v) is 12.7. The Hall–Kier alpha value is -2.97. The van der Waals surface area contributed by atoms with Gasteiger partial charge in [-0.05, 0) is 24.3 Å². The van der Waals surface area contributed by atoms with Gasteiger partial charge in [-0.3, -0.25) is 14.7 Å². The molecule has 0 saturated heterocycles. The van der Waals surface area contributed by atoms with Crippen molar-refractivity contribution in [2.75, 3.05) is 12.0 Å². The van der Waals surface area contributed by atoms with Gasteiger partial charge >= 0.3 is 12.1 Å². The maximum absolute atomic E-state index is 13.0. The van der Waals surface area contributed by atoms with Crippen LogP contribution in [0.4, 0.5) is 24.7 Å². The molecule has 0 aliphatic heterocycles. The molecule has 0 radical (unpaired) electrons. The van der Waals surface area contributed by atoms with Gasteiger partial charge in [0.2, 0.25) is 5.91 Å². The number of halogens is 3. The third-order valence-corrected chi connectivity index (χ3v) is 3.00. The Kier molecular flexibility index (Phi) is 4.82. The molecule has 0 bridgehead atoms. The van der Waals surface area contributed by atoms with Crippen LogP contribution < -0.4 is 4.90 Å². The molecule has 2 heterocycles. The van der Waals surface area contributed by atoms with Crippen LogP contribution >= 0.6 is 0 Å². The van der Waals surface area contributed by atoms with Gasteiger partial charge in [0.25, 0.3) is 0 Å². The van der Waals surface area contributed by atoms with E-state index in [1.165, 1.54) is 24.5 Å². The van der Waals surface area contributed by atoms with E-state index in [2.05, 4.69) is 14.7 Å². The van der Waals surface area contributed by atoms with Crippen LogP contribution in [0.25, 0.3) is 0 Å². The molecule has 1 amide bonds. The second-order valence-corrected chi connectivity index (χ2v) is 4.62. The number of amides is 1. The van der Waals surface area contributed by atoms with Gasteiger partial charge < -0.3 is 4.74 Å². The molecule has 0 spiro atoms. The summed E-state index contributed by atoms with van der Waals surface area (Å²) in [6, 6.07) is 4.52. The molecule has 24 heavy (non-hydrogen) atoms. The molecule has 0 unspecified atom stereocenters. The molecule has 0 atom stereocenters. The number of alkyl halides is 3. The van der Waals surface area contributed by atoms with Crippen molar-refractivity contribution in [3.63, 3.8) is 0 Å². The first-order valence-electron chi connectivity index (χ1n) is 6.63. The molecule has 0 saturated carbocycles. The first kappa shape index (κ1) is 17.4. The average Bonchev–Trinajstić information content (AvgIpc) is 2.54. The fourth-order valence-corrected chi connectivity index (χ4v) is 1.99. The second-order valence-electron chi connectivity index (χ2n) is 4.62. The highest BCUT2D eigenvalue weighted by molar-refractivity contribution is 6.04. The summed E-state index contributed by atoms with van der Waals surface area (Å²) in [7, 11) is 1.08. The number of carbonyl (C=O) groups is 2. The summed E-state index contributed by atoms with van der Waals surface area (Å²) in [5, 5.41) is 0. The van der Waals surface area contributed by atoms with Crippen LogP contribution in [0, 0.1) is 0 Å². The van der Waals surface area contributed by atoms with E-state index in [4.69, 9.17) is 0 Å². The normalized spacial score (nSPS) is 11.0. The zero-order chi connectivity index (χ0) is 17.9. The summed E-state index contributed by atoms with van der Waals surface area (Å²) >= 11 is 0. The van der Waals surface area contributed by atoms with Crippen molar-refractivity contribution in [1.82, 2.24) is 9.97 Å². The second kappa shape index (κ2) is 6.65. The van der Waals surface area contributed by atoms with Gasteiger partial charge in [0.15, 0.2) is 5.82 Å². The smallest absolute Gasteiger partial charge is 0.433 e. The summed E-state index contributed by atoms with van der Waals surface area (Å²) in [6.07, 6.45) is -2.03. The van der Waals surface area contributed by atoms with Crippen molar-refractivity contribution < 1.29 is 27.5 Å². The molecule has 9 heteroatoms. The topological polar surface area (TPSA) is 72.4 Å². The number of pyridine rings is 2. The Bertz CT molecular complexity index is 764. The van der Waals surface area contributed by atoms with E-state index in [1.54, 1.807) is 0 Å². The summed E-state index contributed by atoms with van der Waals surface area (Å²) < 4.78 is 43.4. The van der Waals surface area contributed by atoms with Crippen LogP contribution in [0.15, 0.2) is 36.7 Å². The fraction of sp³-hybridized carbons (Fsp3) is 0.200. The van der Waals surface area contributed by atoms with Gasteiger partial charge in [-0.25, -0.2) is 9.78 Å². The van der Waals surface area contributed by atoms with Gasteiger partial charge in [-0.15, -0.1) is 0 Å². The largest absolute Gasteiger partial charge is 0.465 e. The molecule has 0 aromatic carbocycles. The van der Waals surface area contributed by atoms with Gasteiger partial charge in [-0.2, -0.15) is 13.2 Å². The predicted molar refractivity (Wildman–Crippen MR) is 77.6 cm³/mol. The lowest BCUT2D eigenvalue weighted by molar-refractivity contribution is -0.141. The Balaban J connectivity index is 2.71. The van der Waals surface area contributed by atoms with Crippen LogP contribution in [-0.2, 0) is 15.7 Å². The number of hydrogen-bond donors (Lipinski definition) is 0. The molecule has 0 aliphatic carbocycles. The number of hydrogen-bond acceptors (Lipinski definition) is 5. The average molecular weight is 339 g/mol. The Morgan fingerprint density at radius 3 is 2.42 bits per heavy atom. The van der Waals surface area contributed by atoms with Crippen LogP contribution in [-0.4, -0.2) is 29.0 Å². The molecule has 2 aromatic rings. The third kappa shape index (κ3) is 3.50. The number of esters is 1. The van der Waals surface area contributed by atoms with Crippen molar-refractivity contribution >= 4 is 23.4 Å². The number of nitrogens with zero attached hydrogens (tertiary/aromatic N) is 3. The van der Waals surface area contributed by atoms with Crippen LogP contribution in [0.2, 0.25) is 0 Å². The maximum Gasteiger partial charge on any atom is 0.433 e. The van der Waals surface area contributed by atoms with Gasteiger partial charge in [0.05, 0.1) is 19.0 Å². The first-order chi connectivity index (χ1) is 11.3. The lowest BCUT2D eigenvalue weighted by atomic mass is 10.2. The Morgan fingerprint density at radius 1 is 1.21 bits per heavy atom. The van der Waals surface area contributed by atoms with E-state index in [1.807, 2.05) is 0 Å². The SMILES string of the molecule is COC(=O)c1ccc(C(F)(F)F)nc1N(C(C)=O)c1cccnc1. The highest BCUT2D eigenvalue weighted by Crippen LogP contribution is 2.33. The molecule has 0 fully saturated rings. The van der Waals surface area contributed by atoms with Crippen LogP contribution in [0.3, 0.4) is 0 Å². The summed E-state index contributed by atoms with van der Waals surface area (Å²) in [6.45, 7) is 1.13. The highest BCUT2D eigenvalue weighted by atomic mass is 19.4. The number of rotatable bonds is 3. The summed E-state index contributed by atoms with van der Waals surface area (Å²) in [5.74, 6) is -2.03. The minimum atomic E-state index is -4.74. The van der Waals surface area contributed by atoms with Crippen LogP contribution in [0.5, 0.6) is 0 Å². The van der Waals surface area contributed by atoms with Gasteiger partial charge in [0, 0.05) is 13.1 Å². The van der Waals surface area contributed by atoms with E-state index in [9.17, 15) is 22.8 Å². The number of aromatic nitrogens is 2. The van der Waals surface area contributed by atoms with Crippen molar-refractivity contribution in [2.24, 2.45) is 0 Å². The van der Waals surface area contributed by atoms with E-state index in [0.717, 1.165) is 25.0 Å². The van der Waals surface area contributed by atoms with E-state index in [0.29, 0.717) is 6.07 Å². The molecule has 126 valence electrons. The fourth-order valence-electron chi connectivity index (χ4n) is 1.99. The Morgan fingerprint density at radius 2 is 1.92 bits per heavy atom. The molecule has 6 nitrogen and oxygen atoms in total. The first-order valence-corrected chi connectivity index (χ1v) is 6.63. The number of anilines is 2. The third-order valence-electron chi connectivity index (χ3n) is 3.00. The van der Waals surface area contributed by atoms with Crippen molar-refractivity contribution in [1.29, 1.82) is 0 Å². The quantitative estimate of drug-likeness (QED) is 0.804. The molecular formula is C15H12F3N3O3. The highest BCUT2D eigenvalue weighted by Gasteiger charge is 2.35. The van der Waals surface area contributed by atoms with Crippen LogP contribution in [0.1, 0.15) is 23.0 Å². The Labute approximate surface area is 134 Å². The van der Waals surface area contributed by atoms with Gasteiger partial charge in [-0.1, -0.05) is 0 Å². The molecule has 2 aromatic heterocycles. The summed E-state index contributed by atoms with van der Waals surface area (Å²) in [5.41, 5.74) is -1.34. The van der Waals surface area contributed by atoms with Crippen molar-refractivity contribution in [3.8, 4) is 0 Å². The van der Waals surface area contributed by atoms with Crippen molar-refractivity contribution in [2.45, 2.75) is 13.1 Å². The maximum atomic E-state index is 13.0. The number of carbonyl (C=O) groups excluding carboxylic acids is 2. The lowest BCUT2D eigenvalue weighted by Gasteiger charge is -2.22. The number of ether oxygens (including phenoxy) is 1. The van der Waals surface area contributed by atoms with Crippen molar-refractivity contribution in [3.05, 3.63) is 47.9 Å². The molecule has 0 N–H and O–H groups in total. The lowest BCUT2D eigenvalue weighted by Crippen LogP contribution is -2.27. The molecule has 0 aliphatic rings. The minimum absolute atomic E-state index is 0.168. The predicted octanol–water partition coefficient (Wildman–Crippen LogP) is 2.97. The van der Waals surface area contributed by atoms with E-state index in [-0.39, 0.29) is 11.3 Å². The van der Waals surface area contributed by atoms with E-state index < -0.39 is 29.6 Å². The molecule has 2 rings (SSSR count). The molecular weight excluding hydrogens is 327 g/mol. The van der Waals surface area contributed by atoms with Gasteiger partial charge in [0.1, 0.15) is 11.3 Å². The monoisotopic (exact) mass is 339 g/mol. The number of methoxy groups -OCH3 is 1. The zero-order valence-electron chi connectivity index (χ0n) is 12.7. The minimum Gasteiger partial charge on any atom is -0.465 e. The summed E-state index contributed by atoms with van der Waals surface area (Å²) in [4.78, 5) is 32.0. The standard InChI is InChI=1S/C15H12F3N3O3/c1-9(22)21(10-4-3-7-19-8-10)13-11(14(23)24-2)5-6-12(20-13)15(16,17)18/h3-8H,1-2H3. The van der Waals surface area contributed by atoms with E-state index >= 15 is 0 Å².